The maximum Gasteiger partial charge on any atom is 0.263 e. The number of carbonyl (C=O) groups is 1. The number of morpholine rings is 1. The van der Waals surface area contributed by atoms with E-state index in [9.17, 15) is 13.2 Å². The van der Waals surface area contributed by atoms with Gasteiger partial charge in [-0.25, -0.2) is 13.4 Å². The summed E-state index contributed by atoms with van der Waals surface area (Å²) in [5, 5.41) is 4.28. The van der Waals surface area contributed by atoms with Crippen LogP contribution in [-0.4, -0.2) is 49.9 Å². The van der Waals surface area contributed by atoms with E-state index in [1.165, 1.54) is 15.6 Å². The van der Waals surface area contributed by atoms with E-state index >= 15 is 0 Å². The number of nitrogens with zero attached hydrogens (tertiary/aromatic N) is 2. The molecule has 168 valence electrons. The molecular weight excluding hydrogens is 470 g/mol. The average molecular weight is 492 g/mol. The fourth-order valence-corrected chi connectivity index (χ4v) is 5.82. The highest BCUT2D eigenvalue weighted by Gasteiger charge is 2.26. The zero-order valence-corrected chi connectivity index (χ0v) is 19.8. The van der Waals surface area contributed by atoms with Crippen molar-refractivity contribution >= 4 is 38.9 Å². The molecule has 10 heteroatoms. The number of thiazole rings is 1. The van der Waals surface area contributed by atoms with E-state index in [2.05, 4.69) is 10.3 Å². The van der Waals surface area contributed by atoms with Crippen molar-refractivity contribution in [2.45, 2.75) is 18.4 Å². The molecule has 3 aromatic rings. The number of aryl methyl sites for hydroxylation is 1. The van der Waals surface area contributed by atoms with Gasteiger partial charge in [0.25, 0.3) is 5.91 Å². The lowest BCUT2D eigenvalue weighted by molar-refractivity contribution is 0.0730. The quantitative estimate of drug-likeness (QED) is 0.567. The second-order valence-electron chi connectivity index (χ2n) is 7.28. The van der Waals surface area contributed by atoms with E-state index in [1.54, 1.807) is 43.3 Å². The smallest absolute Gasteiger partial charge is 0.263 e. The molecule has 1 aromatic heterocycles. The predicted molar refractivity (Wildman–Crippen MR) is 124 cm³/mol. The van der Waals surface area contributed by atoms with Crippen LogP contribution in [-0.2, 0) is 21.3 Å². The third kappa shape index (κ3) is 5.02. The van der Waals surface area contributed by atoms with Crippen LogP contribution < -0.4 is 5.32 Å². The van der Waals surface area contributed by atoms with Gasteiger partial charge in [0, 0.05) is 30.2 Å². The molecule has 1 N–H and O–H groups in total. The molecule has 1 amide bonds. The van der Waals surface area contributed by atoms with Gasteiger partial charge in [-0.3, -0.25) is 4.79 Å². The summed E-state index contributed by atoms with van der Waals surface area (Å²) >= 11 is 7.26. The van der Waals surface area contributed by atoms with Gasteiger partial charge in [0.2, 0.25) is 10.0 Å². The first-order valence-electron chi connectivity index (χ1n) is 10.0. The summed E-state index contributed by atoms with van der Waals surface area (Å²) < 4.78 is 32.1. The van der Waals surface area contributed by atoms with E-state index in [0.717, 1.165) is 16.1 Å². The number of nitrogens with one attached hydrogen (secondary N) is 1. The minimum Gasteiger partial charge on any atom is -0.379 e. The largest absolute Gasteiger partial charge is 0.379 e. The van der Waals surface area contributed by atoms with Crippen LogP contribution >= 0.6 is 22.9 Å². The van der Waals surface area contributed by atoms with Crippen LogP contribution in [0.5, 0.6) is 0 Å². The molecule has 32 heavy (non-hydrogen) atoms. The number of benzene rings is 2. The Morgan fingerprint density at radius 1 is 1.12 bits per heavy atom. The highest BCUT2D eigenvalue weighted by molar-refractivity contribution is 7.89. The van der Waals surface area contributed by atoms with Crippen molar-refractivity contribution in [3.8, 4) is 10.6 Å². The van der Waals surface area contributed by atoms with Crippen molar-refractivity contribution in [1.82, 2.24) is 14.6 Å². The Kier molecular flexibility index (Phi) is 6.92. The topological polar surface area (TPSA) is 88.6 Å². The van der Waals surface area contributed by atoms with E-state index < -0.39 is 10.0 Å². The molecule has 1 aliphatic heterocycles. The van der Waals surface area contributed by atoms with Crippen LogP contribution in [0.4, 0.5) is 0 Å². The van der Waals surface area contributed by atoms with Crippen LogP contribution in [0, 0.1) is 6.92 Å². The summed E-state index contributed by atoms with van der Waals surface area (Å²) in [6.45, 7) is 3.60. The monoisotopic (exact) mass is 491 g/mol. The number of rotatable bonds is 6. The third-order valence-electron chi connectivity index (χ3n) is 5.08. The van der Waals surface area contributed by atoms with Gasteiger partial charge in [0.15, 0.2) is 0 Å². The Morgan fingerprint density at radius 3 is 2.44 bits per heavy atom. The maximum absolute atomic E-state index is 12.7. The van der Waals surface area contributed by atoms with Crippen molar-refractivity contribution < 1.29 is 17.9 Å². The molecule has 0 atom stereocenters. The van der Waals surface area contributed by atoms with Gasteiger partial charge in [-0.1, -0.05) is 35.9 Å². The first kappa shape index (κ1) is 22.9. The summed E-state index contributed by atoms with van der Waals surface area (Å²) in [6.07, 6.45) is 0. The van der Waals surface area contributed by atoms with Crippen LogP contribution in [0.1, 0.15) is 20.9 Å². The van der Waals surface area contributed by atoms with E-state index in [-0.39, 0.29) is 17.3 Å². The first-order chi connectivity index (χ1) is 15.3. The number of hydrogen-bond donors (Lipinski definition) is 1. The van der Waals surface area contributed by atoms with E-state index in [4.69, 9.17) is 16.3 Å². The summed E-state index contributed by atoms with van der Waals surface area (Å²) in [7, 11) is -3.53. The Hall–Kier alpha value is -2.30. The lowest BCUT2D eigenvalue weighted by Crippen LogP contribution is -2.40. The molecule has 0 aliphatic carbocycles. The van der Waals surface area contributed by atoms with E-state index in [1.807, 2.05) is 12.1 Å². The number of aromatic nitrogens is 1. The summed E-state index contributed by atoms with van der Waals surface area (Å²) in [5.74, 6) is -0.217. The Balaban J connectivity index is 1.40. The number of carbonyl (C=O) groups excluding carboxylic acids is 1. The number of sulfonamides is 1. The molecule has 2 heterocycles. The zero-order chi connectivity index (χ0) is 22.7. The Labute approximate surface area is 196 Å². The van der Waals surface area contributed by atoms with Gasteiger partial charge >= 0.3 is 0 Å². The van der Waals surface area contributed by atoms with Gasteiger partial charge in [0.05, 0.1) is 23.8 Å². The molecule has 0 saturated carbocycles. The summed E-state index contributed by atoms with van der Waals surface area (Å²) in [4.78, 5) is 18.0. The van der Waals surface area contributed by atoms with Crippen molar-refractivity contribution in [2.75, 3.05) is 26.3 Å². The molecule has 1 fully saturated rings. The van der Waals surface area contributed by atoms with Gasteiger partial charge in [-0.2, -0.15) is 4.31 Å². The van der Waals surface area contributed by atoms with Crippen LogP contribution in [0.3, 0.4) is 0 Å². The fraction of sp³-hybridized carbons (Fsp3) is 0.273. The highest BCUT2D eigenvalue weighted by Crippen LogP contribution is 2.29. The van der Waals surface area contributed by atoms with Gasteiger partial charge in [0.1, 0.15) is 9.88 Å². The molecule has 0 radical (unpaired) electrons. The standard InChI is InChI=1S/C22H22ClN3O4S2/c1-15-20(31-22(25-15)17-4-6-18(23)7-5-17)21(27)24-14-16-2-8-19(9-3-16)32(28,29)26-10-12-30-13-11-26/h2-9H,10-14H2,1H3,(H,24,27). The second kappa shape index (κ2) is 9.68. The SMILES string of the molecule is Cc1nc(-c2ccc(Cl)cc2)sc1C(=O)NCc1ccc(S(=O)(=O)N2CCOCC2)cc1. The minimum absolute atomic E-state index is 0.217. The predicted octanol–water partition coefficient (Wildman–Crippen LogP) is 3.72. The first-order valence-corrected chi connectivity index (χ1v) is 12.7. The molecule has 4 rings (SSSR count). The number of amides is 1. The fourth-order valence-electron chi connectivity index (χ4n) is 3.30. The molecule has 0 spiro atoms. The van der Waals surface area contributed by atoms with Crippen LogP contribution in [0.15, 0.2) is 53.4 Å². The van der Waals surface area contributed by atoms with E-state index in [0.29, 0.717) is 41.9 Å². The van der Waals surface area contributed by atoms with Gasteiger partial charge < -0.3 is 10.1 Å². The molecule has 7 nitrogen and oxygen atoms in total. The van der Waals surface area contributed by atoms with Crippen molar-refractivity contribution in [1.29, 1.82) is 0 Å². The summed E-state index contributed by atoms with van der Waals surface area (Å²) in [5.41, 5.74) is 2.36. The van der Waals surface area contributed by atoms with Crippen molar-refractivity contribution in [3.63, 3.8) is 0 Å². The lowest BCUT2D eigenvalue weighted by Gasteiger charge is -2.26. The van der Waals surface area contributed by atoms with Gasteiger partial charge in [-0.15, -0.1) is 11.3 Å². The second-order valence-corrected chi connectivity index (χ2v) is 10.7. The normalized spacial score (nSPS) is 14.9. The molecule has 1 saturated heterocycles. The van der Waals surface area contributed by atoms with Crippen LogP contribution in [0.2, 0.25) is 5.02 Å². The number of halogens is 1. The number of ether oxygens (including phenoxy) is 1. The molecule has 1 aliphatic rings. The Bertz CT molecular complexity index is 1200. The minimum atomic E-state index is -3.53. The molecular formula is C22H22ClN3O4S2. The lowest BCUT2D eigenvalue weighted by atomic mass is 10.2. The maximum atomic E-state index is 12.7. The van der Waals surface area contributed by atoms with Crippen molar-refractivity contribution in [3.05, 3.63) is 69.7 Å². The molecule has 0 unspecified atom stereocenters. The highest BCUT2D eigenvalue weighted by atomic mass is 35.5. The average Bonchev–Trinajstić information content (AvgIpc) is 3.20. The zero-order valence-electron chi connectivity index (χ0n) is 17.4. The Morgan fingerprint density at radius 2 is 1.78 bits per heavy atom. The number of hydrogen-bond acceptors (Lipinski definition) is 6. The molecule has 2 aromatic carbocycles. The van der Waals surface area contributed by atoms with Crippen LogP contribution in [0.25, 0.3) is 10.6 Å². The molecule has 0 bridgehead atoms. The third-order valence-corrected chi connectivity index (χ3v) is 8.45. The van der Waals surface area contributed by atoms with Gasteiger partial charge in [-0.05, 0) is 36.8 Å². The van der Waals surface area contributed by atoms with Crippen molar-refractivity contribution in [2.24, 2.45) is 0 Å². The summed E-state index contributed by atoms with van der Waals surface area (Å²) in [6, 6.07) is 13.9.